The molecule has 0 radical (unpaired) electrons. The van der Waals surface area contributed by atoms with Crippen LogP contribution in [0.3, 0.4) is 0 Å². The Hall–Kier alpha value is -0.350. The number of nitrogens with zero attached hydrogens (tertiary/aromatic N) is 1. The molecule has 0 bridgehead atoms. The minimum atomic E-state index is 0.594. The van der Waals surface area contributed by atoms with Crippen LogP contribution in [0.15, 0.2) is 24.3 Å². The molecule has 1 aromatic heterocycles. The van der Waals surface area contributed by atoms with Gasteiger partial charge in [0.2, 0.25) is 0 Å². The zero-order valence-electron chi connectivity index (χ0n) is 7.01. The number of rotatable bonds is 0. The summed E-state index contributed by atoms with van der Waals surface area (Å²) in [5.74, 6) is 0. The number of para-hydroxylation sites is 1. The van der Waals surface area contributed by atoms with E-state index in [0.717, 1.165) is 9.09 Å². The molecule has 13 heavy (non-hydrogen) atoms. The van der Waals surface area contributed by atoms with Crippen LogP contribution < -0.4 is 0 Å². The maximum Gasteiger partial charge on any atom is 0.143 e. The van der Waals surface area contributed by atoms with Gasteiger partial charge in [0.1, 0.15) is 5.15 Å². The van der Waals surface area contributed by atoms with Gasteiger partial charge in [-0.05, 0) is 41.1 Å². The lowest BCUT2D eigenvalue weighted by atomic mass is 10.1. The fourth-order valence-electron chi connectivity index (χ4n) is 1.32. The highest BCUT2D eigenvalue weighted by Gasteiger charge is 2.06. The van der Waals surface area contributed by atoms with E-state index in [-0.39, 0.29) is 0 Å². The first-order valence-corrected chi connectivity index (χ1v) is 5.36. The van der Waals surface area contributed by atoms with Crippen LogP contribution >= 0.6 is 34.2 Å². The summed E-state index contributed by atoms with van der Waals surface area (Å²) in [7, 11) is 0. The fourth-order valence-corrected chi connectivity index (χ4v) is 1.96. The van der Waals surface area contributed by atoms with Crippen LogP contribution in [0.5, 0.6) is 0 Å². The first-order valence-electron chi connectivity index (χ1n) is 3.90. The second kappa shape index (κ2) is 3.42. The van der Waals surface area contributed by atoms with Gasteiger partial charge in [-0.15, -0.1) is 0 Å². The Bertz CT molecular complexity index is 468. The molecule has 0 aliphatic carbocycles. The molecule has 0 aliphatic heterocycles. The number of hydrogen-bond donors (Lipinski definition) is 0. The predicted molar refractivity (Wildman–Crippen MR) is 64.2 cm³/mol. The van der Waals surface area contributed by atoms with Crippen molar-refractivity contribution in [1.82, 2.24) is 4.98 Å². The molecule has 0 saturated heterocycles. The molecule has 0 aliphatic rings. The summed E-state index contributed by atoms with van der Waals surface area (Å²) >= 11 is 8.20. The Balaban J connectivity index is 2.94. The normalized spacial score (nSPS) is 10.7. The second-order valence-electron chi connectivity index (χ2n) is 2.86. The van der Waals surface area contributed by atoms with Crippen LogP contribution in [0, 0.1) is 10.5 Å². The van der Waals surface area contributed by atoms with Gasteiger partial charge in [-0.2, -0.15) is 0 Å². The summed E-state index contributed by atoms with van der Waals surface area (Å²) in [6.07, 6.45) is 0. The molecule has 2 aromatic rings. The van der Waals surface area contributed by atoms with Crippen LogP contribution in [0.4, 0.5) is 0 Å². The van der Waals surface area contributed by atoms with E-state index in [2.05, 4.69) is 40.6 Å². The third-order valence-corrected chi connectivity index (χ3v) is 3.95. The van der Waals surface area contributed by atoms with Crippen molar-refractivity contribution < 1.29 is 0 Å². The number of halogens is 2. The van der Waals surface area contributed by atoms with Gasteiger partial charge in [-0.3, -0.25) is 0 Å². The third-order valence-electron chi connectivity index (χ3n) is 2.04. The van der Waals surface area contributed by atoms with Crippen molar-refractivity contribution >= 4 is 45.1 Å². The van der Waals surface area contributed by atoms with Gasteiger partial charge in [0.05, 0.1) is 9.09 Å². The van der Waals surface area contributed by atoms with E-state index in [1.807, 2.05) is 18.2 Å². The van der Waals surface area contributed by atoms with E-state index in [9.17, 15) is 0 Å². The van der Waals surface area contributed by atoms with Crippen LogP contribution in [-0.2, 0) is 0 Å². The van der Waals surface area contributed by atoms with Gasteiger partial charge in [0.15, 0.2) is 0 Å². The van der Waals surface area contributed by atoms with Crippen molar-refractivity contribution in [1.29, 1.82) is 0 Å². The van der Waals surface area contributed by atoms with Crippen molar-refractivity contribution in [2.75, 3.05) is 0 Å². The molecule has 1 aromatic carbocycles. The van der Waals surface area contributed by atoms with Crippen LogP contribution in [0.2, 0.25) is 5.15 Å². The van der Waals surface area contributed by atoms with Crippen LogP contribution in [0.1, 0.15) is 5.56 Å². The molecule has 1 heterocycles. The first-order chi connectivity index (χ1) is 6.20. The third kappa shape index (κ3) is 1.53. The average molecular weight is 304 g/mol. The molecule has 3 heteroatoms. The van der Waals surface area contributed by atoms with Gasteiger partial charge in [0.25, 0.3) is 0 Å². The first kappa shape index (κ1) is 9.21. The molecule has 66 valence electrons. The lowest BCUT2D eigenvalue weighted by Gasteiger charge is -2.04. The predicted octanol–water partition coefficient (Wildman–Crippen LogP) is 3.80. The number of hydrogen-bond acceptors (Lipinski definition) is 1. The minimum Gasteiger partial charge on any atom is -0.235 e. The molecule has 0 amide bonds. The molecule has 0 spiro atoms. The van der Waals surface area contributed by atoms with Crippen molar-refractivity contribution in [2.24, 2.45) is 0 Å². The molecule has 0 saturated carbocycles. The van der Waals surface area contributed by atoms with Gasteiger partial charge in [-0.25, -0.2) is 4.98 Å². The Labute approximate surface area is 95.3 Å². The van der Waals surface area contributed by atoms with Crippen molar-refractivity contribution in [3.8, 4) is 0 Å². The summed E-state index contributed by atoms with van der Waals surface area (Å²) in [5.41, 5.74) is 2.17. The number of benzene rings is 1. The molecule has 0 unspecified atom stereocenters. The number of aromatic nitrogens is 1. The summed E-state index contributed by atoms with van der Waals surface area (Å²) in [6, 6.07) is 8.03. The lowest BCUT2D eigenvalue weighted by molar-refractivity contribution is 1.33. The maximum atomic E-state index is 5.97. The highest BCUT2D eigenvalue weighted by Crippen LogP contribution is 2.26. The maximum absolute atomic E-state index is 5.97. The topological polar surface area (TPSA) is 12.9 Å². The smallest absolute Gasteiger partial charge is 0.143 e. The van der Waals surface area contributed by atoms with Gasteiger partial charge in [-0.1, -0.05) is 29.8 Å². The highest BCUT2D eigenvalue weighted by atomic mass is 127. The number of pyridine rings is 1. The number of fused-ring (bicyclic) bond motifs is 1. The Kier molecular flexibility index (Phi) is 2.43. The van der Waals surface area contributed by atoms with Crippen LogP contribution in [-0.4, -0.2) is 4.98 Å². The van der Waals surface area contributed by atoms with E-state index >= 15 is 0 Å². The quantitative estimate of drug-likeness (QED) is 0.533. The summed E-state index contributed by atoms with van der Waals surface area (Å²) in [6.45, 7) is 2.07. The minimum absolute atomic E-state index is 0.594. The Morgan fingerprint density at radius 3 is 2.77 bits per heavy atom. The molecular weight excluding hydrogens is 296 g/mol. The highest BCUT2D eigenvalue weighted by molar-refractivity contribution is 14.1. The van der Waals surface area contributed by atoms with Crippen molar-refractivity contribution in [3.05, 3.63) is 38.6 Å². The lowest BCUT2D eigenvalue weighted by Crippen LogP contribution is -1.89. The molecule has 0 N–H and O–H groups in total. The van der Waals surface area contributed by atoms with E-state index in [1.54, 1.807) is 0 Å². The van der Waals surface area contributed by atoms with Gasteiger partial charge >= 0.3 is 0 Å². The van der Waals surface area contributed by atoms with E-state index in [1.165, 1.54) is 10.9 Å². The SMILES string of the molecule is Cc1c(I)c(Cl)nc2ccccc12. The Morgan fingerprint density at radius 2 is 2.00 bits per heavy atom. The standard InChI is InChI=1S/C10H7ClIN/c1-6-7-4-2-3-5-8(7)13-10(11)9(6)12/h2-5H,1H3. The largest absolute Gasteiger partial charge is 0.235 e. The van der Waals surface area contributed by atoms with E-state index in [4.69, 9.17) is 11.6 Å². The Morgan fingerprint density at radius 1 is 1.31 bits per heavy atom. The summed E-state index contributed by atoms with van der Waals surface area (Å²) in [5, 5.41) is 1.77. The molecular formula is C10H7ClIN. The van der Waals surface area contributed by atoms with E-state index in [0.29, 0.717) is 5.15 Å². The average Bonchev–Trinajstić information content (AvgIpc) is 2.15. The van der Waals surface area contributed by atoms with Crippen molar-refractivity contribution in [3.63, 3.8) is 0 Å². The molecule has 1 nitrogen and oxygen atoms in total. The molecule has 0 atom stereocenters. The summed E-state index contributed by atoms with van der Waals surface area (Å²) in [4.78, 5) is 4.29. The molecule has 0 fully saturated rings. The fraction of sp³-hybridized carbons (Fsp3) is 0.100. The summed E-state index contributed by atoms with van der Waals surface area (Å²) < 4.78 is 1.04. The monoisotopic (exact) mass is 303 g/mol. The second-order valence-corrected chi connectivity index (χ2v) is 4.30. The zero-order valence-corrected chi connectivity index (χ0v) is 9.93. The van der Waals surface area contributed by atoms with E-state index < -0.39 is 0 Å². The van der Waals surface area contributed by atoms with Gasteiger partial charge < -0.3 is 0 Å². The molecule has 2 rings (SSSR count). The van der Waals surface area contributed by atoms with Gasteiger partial charge in [0, 0.05) is 5.39 Å². The van der Waals surface area contributed by atoms with Crippen molar-refractivity contribution in [2.45, 2.75) is 6.92 Å². The number of aryl methyl sites for hydroxylation is 1. The zero-order chi connectivity index (χ0) is 9.42. The van der Waals surface area contributed by atoms with Crippen LogP contribution in [0.25, 0.3) is 10.9 Å².